The SMILES string of the molecule is CN/C(C=O)=C/C=C(\N(C)C)C(F)(F)F. The molecule has 0 radical (unpaired) electrons. The standard InChI is InChI=1S/C9H13F3N2O/c1-13-7(6-15)4-5-8(14(2)3)9(10,11)12/h4-6,13H,1-3H3/b7-4+,8-5-. The molecule has 6 heteroatoms. The second-order valence-corrected chi connectivity index (χ2v) is 2.93. The Labute approximate surface area is 86.2 Å². The average Bonchev–Trinajstić information content (AvgIpc) is 2.09. The van der Waals surface area contributed by atoms with E-state index in [2.05, 4.69) is 5.32 Å². The quantitative estimate of drug-likeness (QED) is 0.442. The highest BCUT2D eigenvalue weighted by Gasteiger charge is 2.34. The number of hydrogen-bond donors (Lipinski definition) is 1. The van der Waals surface area contributed by atoms with E-state index in [4.69, 9.17) is 0 Å². The predicted octanol–water partition coefficient (Wildman–Crippen LogP) is 1.30. The van der Waals surface area contributed by atoms with Crippen molar-refractivity contribution in [3.63, 3.8) is 0 Å². The van der Waals surface area contributed by atoms with E-state index in [0.29, 0.717) is 6.29 Å². The van der Waals surface area contributed by atoms with Crippen LogP contribution in [0.3, 0.4) is 0 Å². The van der Waals surface area contributed by atoms with Gasteiger partial charge >= 0.3 is 6.18 Å². The summed E-state index contributed by atoms with van der Waals surface area (Å²) in [5, 5.41) is 2.46. The number of rotatable bonds is 4. The van der Waals surface area contributed by atoms with Crippen molar-refractivity contribution in [2.24, 2.45) is 0 Å². The summed E-state index contributed by atoms with van der Waals surface area (Å²) in [4.78, 5) is 11.3. The summed E-state index contributed by atoms with van der Waals surface area (Å²) < 4.78 is 37.1. The molecule has 0 aromatic heterocycles. The number of nitrogens with zero attached hydrogens (tertiary/aromatic N) is 1. The van der Waals surface area contributed by atoms with Crippen LogP contribution in [0.2, 0.25) is 0 Å². The lowest BCUT2D eigenvalue weighted by Gasteiger charge is -2.19. The number of alkyl halides is 3. The zero-order valence-corrected chi connectivity index (χ0v) is 8.72. The van der Waals surface area contributed by atoms with Crippen LogP contribution in [0, 0.1) is 0 Å². The van der Waals surface area contributed by atoms with Crippen LogP contribution in [0.25, 0.3) is 0 Å². The van der Waals surface area contributed by atoms with E-state index in [0.717, 1.165) is 17.1 Å². The van der Waals surface area contributed by atoms with Crippen LogP contribution >= 0.6 is 0 Å². The van der Waals surface area contributed by atoms with E-state index in [1.807, 2.05) is 0 Å². The Hall–Kier alpha value is -1.46. The largest absolute Gasteiger partial charge is 0.431 e. The second-order valence-electron chi connectivity index (χ2n) is 2.93. The lowest BCUT2D eigenvalue weighted by Crippen LogP contribution is -2.25. The predicted molar refractivity (Wildman–Crippen MR) is 51.0 cm³/mol. The number of likely N-dealkylation sites (N-methyl/N-ethyl adjacent to an activating group) is 1. The van der Waals surface area contributed by atoms with E-state index >= 15 is 0 Å². The van der Waals surface area contributed by atoms with Crippen LogP contribution in [-0.4, -0.2) is 38.5 Å². The monoisotopic (exact) mass is 222 g/mol. The molecule has 0 aromatic carbocycles. The fourth-order valence-electron chi connectivity index (χ4n) is 0.847. The van der Waals surface area contributed by atoms with Crippen molar-refractivity contribution in [2.75, 3.05) is 21.1 Å². The third-order valence-electron chi connectivity index (χ3n) is 1.61. The first-order valence-electron chi connectivity index (χ1n) is 4.12. The van der Waals surface area contributed by atoms with Crippen molar-refractivity contribution in [3.8, 4) is 0 Å². The first-order valence-corrected chi connectivity index (χ1v) is 4.12. The lowest BCUT2D eigenvalue weighted by molar-refractivity contribution is -0.108. The fourth-order valence-corrected chi connectivity index (χ4v) is 0.847. The molecule has 0 fully saturated rings. The highest BCUT2D eigenvalue weighted by Crippen LogP contribution is 2.26. The van der Waals surface area contributed by atoms with Gasteiger partial charge in [0.2, 0.25) is 0 Å². The molecular weight excluding hydrogens is 209 g/mol. The van der Waals surface area contributed by atoms with Crippen molar-refractivity contribution in [1.29, 1.82) is 0 Å². The van der Waals surface area contributed by atoms with Gasteiger partial charge < -0.3 is 10.2 Å². The molecule has 0 aromatic rings. The molecule has 0 spiro atoms. The Kier molecular flexibility index (Phi) is 4.90. The van der Waals surface area contributed by atoms with Crippen LogP contribution in [0.15, 0.2) is 23.5 Å². The Balaban J connectivity index is 5.02. The molecule has 0 aliphatic heterocycles. The smallest absolute Gasteiger partial charge is 0.385 e. The molecule has 3 nitrogen and oxygen atoms in total. The summed E-state index contributed by atoms with van der Waals surface area (Å²) in [6.07, 6.45) is -2.06. The highest BCUT2D eigenvalue weighted by atomic mass is 19.4. The van der Waals surface area contributed by atoms with Crippen LogP contribution < -0.4 is 5.32 Å². The second kappa shape index (κ2) is 5.43. The van der Waals surface area contributed by atoms with Crippen LogP contribution in [0.5, 0.6) is 0 Å². The van der Waals surface area contributed by atoms with Crippen molar-refractivity contribution in [3.05, 3.63) is 23.5 Å². The van der Waals surface area contributed by atoms with Crippen LogP contribution in [0.1, 0.15) is 0 Å². The van der Waals surface area contributed by atoms with Gasteiger partial charge in [0.1, 0.15) is 5.70 Å². The molecule has 0 heterocycles. The number of carbonyl (C=O) groups excluding carboxylic acids is 1. The van der Waals surface area contributed by atoms with Gasteiger partial charge in [-0.3, -0.25) is 4.79 Å². The van der Waals surface area contributed by atoms with Crippen LogP contribution in [0.4, 0.5) is 13.2 Å². The number of carbonyl (C=O) groups is 1. The maximum atomic E-state index is 12.4. The fraction of sp³-hybridized carbons (Fsp3) is 0.444. The first kappa shape index (κ1) is 13.5. The molecule has 0 amide bonds. The summed E-state index contributed by atoms with van der Waals surface area (Å²) in [5.74, 6) is 0. The van der Waals surface area contributed by atoms with E-state index in [1.54, 1.807) is 0 Å². The maximum absolute atomic E-state index is 12.4. The van der Waals surface area contributed by atoms with Gasteiger partial charge in [0.05, 0.1) is 5.70 Å². The Morgan fingerprint density at radius 1 is 1.27 bits per heavy atom. The zero-order chi connectivity index (χ0) is 12.1. The molecule has 0 rings (SSSR count). The molecular formula is C9H13F3N2O. The first-order chi connectivity index (χ1) is 6.82. The van der Waals surface area contributed by atoms with Gasteiger partial charge in [0.25, 0.3) is 0 Å². The normalized spacial score (nSPS) is 13.7. The molecule has 0 bridgehead atoms. The molecule has 0 saturated heterocycles. The Bertz CT molecular complexity index is 280. The minimum Gasteiger partial charge on any atom is -0.385 e. The number of aldehydes is 1. The van der Waals surface area contributed by atoms with Gasteiger partial charge in [0, 0.05) is 21.1 Å². The van der Waals surface area contributed by atoms with Crippen molar-refractivity contribution >= 4 is 6.29 Å². The third-order valence-corrected chi connectivity index (χ3v) is 1.61. The van der Waals surface area contributed by atoms with Crippen molar-refractivity contribution in [2.45, 2.75) is 6.18 Å². The topological polar surface area (TPSA) is 32.3 Å². The minimum absolute atomic E-state index is 0.0820. The summed E-state index contributed by atoms with van der Waals surface area (Å²) in [6, 6.07) is 0. The summed E-state index contributed by atoms with van der Waals surface area (Å²) in [6.45, 7) is 0. The Morgan fingerprint density at radius 3 is 2.07 bits per heavy atom. The molecule has 86 valence electrons. The lowest BCUT2D eigenvalue weighted by atomic mass is 10.3. The molecule has 0 saturated carbocycles. The number of nitrogens with one attached hydrogen (secondary N) is 1. The minimum atomic E-state index is -4.43. The molecule has 1 N–H and O–H groups in total. The van der Waals surface area contributed by atoms with E-state index in [-0.39, 0.29) is 5.70 Å². The van der Waals surface area contributed by atoms with E-state index in [9.17, 15) is 18.0 Å². The molecule has 0 atom stereocenters. The van der Waals surface area contributed by atoms with Gasteiger partial charge in [-0.05, 0) is 12.2 Å². The summed E-state index contributed by atoms with van der Waals surface area (Å²) in [7, 11) is 4.03. The van der Waals surface area contributed by atoms with E-state index in [1.165, 1.54) is 21.1 Å². The summed E-state index contributed by atoms with van der Waals surface area (Å²) >= 11 is 0. The van der Waals surface area contributed by atoms with Gasteiger partial charge in [0.15, 0.2) is 6.29 Å². The van der Waals surface area contributed by atoms with Gasteiger partial charge in [-0.2, -0.15) is 13.2 Å². The zero-order valence-electron chi connectivity index (χ0n) is 8.72. The van der Waals surface area contributed by atoms with Gasteiger partial charge in [-0.1, -0.05) is 0 Å². The summed E-state index contributed by atoms with van der Waals surface area (Å²) in [5.41, 5.74) is -0.740. The molecule has 15 heavy (non-hydrogen) atoms. The average molecular weight is 222 g/mol. The van der Waals surface area contributed by atoms with Crippen molar-refractivity contribution in [1.82, 2.24) is 10.2 Å². The number of halogens is 3. The van der Waals surface area contributed by atoms with E-state index < -0.39 is 11.9 Å². The Morgan fingerprint density at radius 2 is 1.80 bits per heavy atom. The molecule has 0 unspecified atom stereocenters. The van der Waals surface area contributed by atoms with Gasteiger partial charge in [-0.15, -0.1) is 0 Å². The highest BCUT2D eigenvalue weighted by molar-refractivity contribution is 5.72. The number of allylic oxidation sites excluding steroid dienone is 4. The molecule has 0 aliphatic rings. The van der Waals surface area contributed by atoms with Crippen LogP contribution in [-0.2, 0) is 4.79 Å². The third kappa shape index (κ3) is 4.53. The maximum Gasteiger partial charge on any atom is 0.431 e. The van der Waals surface area contributed by atoms with Gasteiger partial charge in [-0.25, -0.2) is 0 Å². The van der Waals surface area contributed by atoms with Crippen molar-refractivity contribution < 1.29 is 18.0 Å². The number of hydrogen-bond acceptors (Lipinski definition) is 3. The molecule has 0 aliphatic carbocycles.